The molecule has 108 valence electrons. The zero-order chi connectivity index (χ0) is 15.1. The van der Waals surface area contributed by atoms with Crippen molar-refractivity contribution in [2.75, 3.05) is 7.11 Å². The second-order valence-electron chi connectivity index (χ2n) is 4.19. The normalized spacial score (nSPS) is 9.76. The number of rotatable bonds is 6. The van der Waals surface area contributed by atoms with Gasteiger partial charge in [-0.2, -0.15) is 0 Å². The zero-order valence-electron chi connectivity index (χ0n) is 11.4. The summed E-state index contributed by atoms with van der Waals surface area (Å²) in [6.07, 6.45) is 0. The molecule has 0 fully saturated rings. The number of nitrogens with one attached hydrogen (secondary N) is 1. The van der Waals surface area contributed by atoms with E-state index in [0.29, 0.717) is 12.3 Å². The molecule has 1 heterocycles. The van der Waals surface area contributed by atoms with E-state index >= 15 is 0 Å². The van der Waals surface area contributed by atoms with Crippen LogP contribution in [0.5, 0.6) is 5.75 Å². The van der Waals surface area contributed by atoms with Crippen molar-refractivity contribution in [3.8, 4) is 5.75 Å². The molecular weight excluding hydrogens is 272 g/mol. The average molecular weight is 286 g/mol. The van der Waals surface area contributed by atoms with Crippen LogP contribution in [-0.2, 0) is 13.1 Å². The molecular formula is C14H14N4O3. The third kappa shape index (κ3) is 4.02. The zero-order valence-corrected chi connectivity index (χ0v) is 11.4. The van der Waals surface area contributed by atoms with Gasteiger partial charge < -0.3 is 14.5 Å². The first kappa shape index (κ1) is 14.5. The number of azide groups is 1. The highest BCUT2D eigenvalue weighted by molar-refractivity contribution is 5.91. The fourth-order valence-corrected chi connectivity index (χ4v) is 1.74. The lowest BCUT2D eigenvalue weighted by atomic mass is 10.2. The minimum atomic E-state index is -0.329. The number of carbonyl (C=O) groups excluding carboxylic acids is 1. The summed E-state index contributed by atoms with van der Waals surface area (Å²) in [5.74, 6) is 1.03. The summed E-state index contributed by atoms with van der Waals surface area (Å²) in [5.41, 5.74) is 9.14. The van der Waals surface area contributed by atoms with Gasteiger partial charge in [-0.05, 0) is 35.4 Å². The first-order chi connectivity index (χ1) is 10.2. The van der Waals surface area contributed by atoms with Crippen LogP contribution >= 0.6 is 0 Å². The molecule has 2 aromatic rings. The third-order valence-corrected chi connectivity index (χ3v) is 2.76. The Morgan fingerprint density at radius 2 is 2.29 bits per heavy atom. The largest absolute Gasteiger partial charge is 0.497 e. The van der Waals surface area contributed by atoms with Crippen LogP contribution in [0.25, 0.3) is 10.4 Å². The van der Waals surface area contributed by atoms with E-state index in [-0.39, 0.29) is 18.2 Å². The van der Waals surface area contributed by atoms with Crippen molar-refractivity contribution in [3.63, 3.8) is 0 Å². The molecule has 0 aliphatic carbocycles. The standard InChI is InChI=1S/C14H14N4O3/c1-20-11-4-2-3-10(7-11)8-16-14(19)13-6-5-12(21-13)9-17-18-15/h2-7H,8-9H2,1H3,(H,16,19). The van der Waals surface area contributed by atoms with Gasteiger partial charge in [0.05, 0.1) is 13.7 Å². The summed E-state index contributed by atoms with van der Waals surface area (Å²) in [4.78, 5) is 14.6. The van der Waals surface area contributed by atoms with Crippen molar-refractivity contribution in [2.45, 2.75) is 13.1 Å². The number of amides is 1. The summed E-state index contributed by atoms with van der Waals surface area (Å²) in [6.45, 7) is 0.447. The molecule has 7 heteroatoms. The molecule has 0 radical (unpaired) electrons. The van der Waals surface area contributed by atoms with Gasteiger partial charge in [0, 0.05) is 11.5 Å². The summed E-state index contributed by atoms with van der Waals surface area (Å²) in [5, 5.41) is 6.11. The summed E-state index contributed by atoms with van der Waals surface area (Å²) < 4.78 is 10.4. The van der Waals surface area contributed by atoms with Crippen molar-refractivity contribution >= 4 is 5.91 Å². The molecule has 7 nitrogen and oxygen atoms in total. The second-order valence-corrected chi connectivity index (χ2v) is 4.19. The average Bonchev–Trinajstić information content (AvgIpc) is 2.99. The molecule has 0 saturated carbocycles. The van der Waals surface area contributed by atoms with E-state index in [0.717, 1.165) is 11.3 Å². The summed E-state index contributed by atoms with van der Waals surface area (Å²) >= 11 is 0. The van der Waals surface area contributed by atoms with Crippen LogP contribution in [0.1, 0.15) is 21.9 Å². The van der Waals surface area contributed by atoms with Crippen molar-refractivity contribution in [3.05, 3.63) is 63.9 Å². The molecule has 1 N–H and O–H groups in total. The maximum absolute atomic E-state index is 11.9. The van der Waals surface area contributed by atoms with E-state index < -0.39 is 0 Å². The Kier molecular flexibility index (Phi) is 4.84. The fraction of sp³-hybridized carbons (Fsp3) is 0.214. The highest BCUT2D eigenvalue weighted by Crippen LogP contribution is 2.13. The summed E-state index contributed by atoms with van der Waals surface area (Å²) in [6, 6.07) is 10.6. The summed E-state index contributed by atoms with van der Waals surface area (Å²) in [7, 11) is 1.59. The lowest BCUT2D eigenvalue weighted by molar-refractivity contribution is 0.0921. The van der Waals surface area contributed by atoms with Crippen LogP contribution in [0.2, 0.25) is 0 Å². The second kappa shape index (κ2) is 7.02. The van der Waals surface area contributed by atoms with Crippen molar-refractivity contribution in [1.82, 2.24) is 5.32 Å². The molecule has 0 aliphatic rings. The third-order valence-electron chi connectivity index (χ3n) is 2.76. The first-order valence-electron chi connectivity index (χ1n) is 6.23. The van der Waals surface area contributed by atoms with Gasteiger partial charge in [-0.1, -0.05) is 17.2 Å². The number of hydrogen-bond acceptors (Lipinski definition) is 4. The number of ether oxygens (including phenoxy) is 1. The minimum absolute atomic E-state index is 0.0830. The van der Waals surface area contributed by atoms with Crippen molar-refractivity contribution in [2.24, 2.45) is 5.11 Å². The molecule has 0 saturated heterocycles. The molecule has 1 aromatic heterocycles. The van der Waals surface area contributed by atoms with Gasteiger partial charge in [-0.3, -0.25) is 4.79 Å². The van der Waals surface area contributed by atoms with Crippen LogP contribution in [0, 0.1) is 0 Å². The highest BCUT2D eigenvalue weighted by atomic mass is 16.5. The number of methoxy groups -OCH3 is 1. The van der Waals surface area contributed by atoms with Crippen molar-refractivity contribution < 1.29 is 13.9 Å². The Balaban J connectivity index is 1.94. The van der Waals surface area contributed by atoms with E-state index in [2.05, 4.69) is 15.3 Å². The first-order valence-corrected chi connectivity index (χ1v) is 6.23. The van der Waals surface area contributed by atoms with Gasteiger partial charge in [0.25, 0.3) is 5.91 Å². The predicted octanol–water partition coefficient (Wildman–Crippen LogP) is 3.03. The Bertz CT molecular complexity index is 674. The number of hydrogen-bond donors (Lipinski definition) is 1. The van der Waals surface area contributed by atoms with Gasteiger partial charge in [0.2, 0.25) is 0 Å². The Morgan fingerprint density at radius 1 is 1.43 bits per heavy atom. The number of nitrogens with zero attached hydrogens (tertiary/aromatic N) is 3. The van der Waals surface area contributed by atoms with Gasteiger partial charge >= 0.3 is 0 Å². The lowest BCUT2D eigenvalue weighted by Crippen LogP contribution is -2.22. The number of benzene rings is 1. The van der Waals surface area contributed by atoms with Gasteiger partial charge in [0.1, 0.15) is 11.5 Å². The van der Waals surface area contributed by atoms with E-state index in [9.17, 15) is 4.79 Å². The lowest BCUT2D eigenvalue weighted by Gasteiger charge is -2.05. The fourth-order valence-electron chi connectivity index (χ4n) is 1.74. The predicted molar refractivity (Wildman–Crippen MR) is 75.7 cm³/mol. The molecule has 0 unspecified atom stereocenters. The Morgan fingerprint density at radius 3 is 3.05 bits per heavy atom. The van der Waals surface area contributed by atoms with E-state index in [1.807, 2.05) is 24.3 Å². The minimum Gasteiger partial charge on any atom is -0.497 e. The van der Waals surface area contributed by atoms with Crippen LogP contribution in [-0.4, -0.2) is 13.0 Å². The van der Waals surface area contributed by atoms with E-state index in [1.165, 1.54) is 0 Å². The maximum Gasteiger partial charge on any atom is 0.287 e. The topological polar surface area (TPSA) is 100 Å². The molecule has 1 aromatic carbocycles. The van der Waals surface area contributed by atoms with Gasteiger partial charge in [0.15, 0.2) is 5.76 Å². The van der Waals surface area contributed by atoms with E-state index in [4.69, 9.17) is 14.7 Å². The number of carbonyl (C=O) groups is 1. The molecule has 1 amide bonds. The Hall–Kier alpha value is -2.92. The van der Waals surface area contributed by atoms with Gasteiger partial charge in [-0.15, -0.1) is 0 Å². The monoisotopic (exact) mass is 286 g/mol. The molecule has 0 aliphatic heterocycles. The molecule has 2 rings (SSSR count). The van der Waals surface area contributed by atoms with E-state index in [1.54, 1.807) is 19.2 Å². The molecule has 0 atom stereocenters. The van der Waals surface area contributed by atoms with Crippen LogP contribution in [0.4, 0.5) is 0 Å². The van der Waals surface area contributed by atoms with Crippen LogP contribution in [0.15, 0.2) is 45.9 Å². The van der Waals surface area contributed by atoms with Crippen LogP contribution < -0.4 is 10.1 Å². The quantitative estimate of drug-likeness (QED) is 0.501. The van der Waals surface area contributed by atoms with Crippen LogP contribution in [0.3, 0.4) is 0 Å². The van der Waals surface area contributed by atoms with Crippen molar-refractivity contribution in [1.29, 1.82) is 0 Å². The highest BCUT2D eigenvalue weighted by Gasteiger charge is 2.10. The Labute approximate surface area is 121 Å². The van der Waals surface area contributed by atoms with Gasteiger partial charge in [-0.25, -0.2) is 0 Å². The smallest absolute Gasteiger partial charge is 0.287 e. The molecule has 0 bridgehead atoms. The maximum atomic E-state index is 11.9. The number of furan rings is 1. The molecule has 21 heavy (non-hydrogen) atoms. The SMILES string of the molecule is COc1cccc(CNC(=O)c2ccc(CN=[N+]=[N-])o2)c1. The molecule has 0 spiro atoms.